The highest BCUT2D eigenvalue weighted by molar-refractivity contribution is 5.96. The van der Waals surface area contributed by atoms with Crippen LogP contribution in [0.5, 0.6) is 0 Å². The first kappa shape index (κ1) is 18.3. The van der Waals surface area contributed by atoms with Gasteiger partial charge < -0.3 is 16.0 Å². The van der Waals surface area contributed by atoms with Crippen molar-refractivity contribution in [1.82, 2.24) is 15.2 Å². The quantitative estimate of drug-likeness (QED) is 0.853. The number of nitrogens with one attached hydrogen (secondary N) is 1. The smallest absolute Gasteiger partial charge is 0.267 e. The molecule has 0 spiro atoms. The van der Waals surface area contributed by atoms with Crippen molar-refractivity contribution in [2.24, 2.45) is 5.73 Å². The zero-order valence-corrected chi connectivity index (χ0v) is 14.0. The molecule has 8 heteroatoms. The maximum absolute atomic E-state index is 13.2. The molecule has 1 saturated heterocycles. The van der Waals surface area contributed by atoms with Crippen molar-refractivity contribution < 1.29 is 18.4 Å². The van der Waals surface area contributed by atoms with E-state index in [9.17, 15) is 18.4 Å². The van der Waals surface area contributed by atoms with Gasteiger partial charge in [0.2, 0.25) is 5.91 Å². The molecule has 2 heterocycles. The topological polar surface area (TPSA) is 88.3 Å². The number of aromatic nitrogens is 1. The van der Waals surface area contributed by atoms with E-state index in [-0.39, 0.29) is 19.5 Å². The molecule has 1 aromatic rings. The highest BCUT2D eigenvalue weighted by Crippen LogP contribution is 2.26. The Morgan fingerprint density at radius 3 is 2.62 bits per heavy atom. The SMILES string of the molecule is Cc1cc(C(=O)NC[C@H](N)C(=O)N2CCC(F)(F)C2)c(C)nc1C. The lowest BCUT2D eigenvalue weighted by Gasteiger charge is -2.21. The van der Waals surface area contributed by atoms with Gasteiger partial charge in [0.1, 0.15) is 6.04 Å². The first-order chi connectivity index (χ1) is 11.1. The zero-order chi connectivity index (χ0) is 18.1. The molecular weight excluding hydrogens is 318 g/mol. The second-order valence-electron chi connectivity index (χ2n) is 6.21. The van der Waals surface area contributed by atoms with Crippen molar-refractivity contribution in [3.05, 3.63) is 28.6 Å². The Labute approximate surface area is 139 Å². The standard InChI is InChI=1S/C16H22F2N4O2/c1-9-6-12(11(3)21-10(9)2)14(23)20-7-13(19)15(24)22-5-4-16(17,18)8-22/h6,13H,4-5,7-8,19H2,1-3H3,(H,20,23)/t13-/m0/s1. The molecule has 0 aliphatic carbocycles. The minimum atomic E-state index is -2.86. The third-order valence-electron chi connectivity index (χ3n) is 4.18. The Morgan fingerprint density at radius 2 is 2.04 bits per heavy atom. The van der Waals surface area contributed by atoms with Gasteiger partial charge in [0.25, 0.3) is 11.8 Å². The lowest BCUT2D eigenvalue weighted by molar-refractivity contribution is -0.132. The Kier molecular flexibility index (Phi) is 5.17. The molecule has 1 aliphatic heterocycles. The Morgan fingerprint density at radius 1 is 1.38 bits per heavy atom. The summed E-state index contributed by atoms with van der Waals surface area (Å²) in [7, 11) is 0. The van der Waals surface area contributed by atoms with E-state index in [2.05, 4.69) is 10.3 Å². The van der Waals surface area contributed by atoms with E-state index in [1.165, 1.54) is 0 Å². The van der Waals surface area contributed by atoms with E-state index in [1.54, 1.807) is 13.0 Å². The number of pyridine rings is 1. The molecule has 1 fully saturated rings. The molecule has 0 bridgehead atoms. The summed E-state index contributed by atoms with van der Waals surface area (Å²) in [5.41, 5.74) is 8.44. The van der Waals surface area contributed by atoms with Crippen LogP contribution >= 0.6 is 0 Å². The number of carbonyl (C=O) groups excluding carboxylic acids is 2. The second kappa shape index (κ2) is 6.80. The zero-order valence-electron chi connectivity index (χ0n) is 14.0. The van der Waals surface area contributed by atoms with Crippen LogP contribution in [0.2, 0.25) is 0 Å². The van der Waals surface area contributed by atoms with Crippen molar-refractivity contribution in [3.63, 3.8) is 0 Å². The molecule has 1 atom stereocenters. The Hall–Kier alpha value is -2.09. The first-order valence-corrected chi connectivity index (χ1v) is 7.76. The molecule has 1 aliphatic rings. The molecule has 2 rings (SSSR count). The average Bonchev–Trinajstić information content (AvgIpc) is 2.87. The molecule has 3 N–H and O–H groups in total. The van der Waals surface area contributed by atoms with Crippen LogP contribution in [0.3, 0.4) is 0 Å². The van der Waals surface area contributed by atoms with E-state index in [4.69, 9.17) is 5.73 Å². The number of alkyl halides is 2. The van der Waals surface area contributed by atoms with Crippen molar-refractivity contribution in [2.75, 3.05) is 19.6 Å². The number of hydrogen-bond donors (Lipinski definition) is 2. The summed E-state index contributed by atoms with van der Waals surface area (Å²) in [6, 6.07) is 0.670. The Balaban J connectivity index is 1.94. The molecule has 2 amide bonds. The summed E-state index contributed by atoms with van der Waals surface area (Å²) in [5, 5.41) is 2.57. The summed E-state index contributed by atoms with van der Waals surface area (Å²) in [6.07, 6.45) is -0.356. The predicted octanol–water partition coefficient (Wildman–Crippen LogP) is 0.932. The van der Waals surface area contributed by atoms with Crippen LogP contribution in [0.4, 0.5) is 8.78 Å². The van der Waals surface area contributed by atoms with E-state index in [0.717, 1.165) is 16.2 Å². The second-order valence-corrected chi connectivity index (χ2v) is 6.21. The maximum Gasteiger partial charge on any atom is 0.267 e. The lowest BCUT2D eigenvalue weighted by atomic mass is 10.1. The fraction of sp³-hybridized carbons (Fsp3) is 0.562. The molecule has 132 valence electrons. The molecule has 6 nitrogen and oxygen atoms in total. The van der Waals surface area contributed by atoms with E-state index >= 15 is 0 Å². The summed E-state index contributed by atoms with van der Waals surface area (Å²) in [6.45, 7) is 4.66. The number of hydrogen-bond acceptors (Lipinski definition) is 4. The van der Waals surface area contributed by atoms with Crippen molar-refractivity contribution in [1.29, 1.82) is 0 Å². The minimum Gasteiger partial charge on any atom is -0.350 e. The number of nitrogens with zero attached hydrogens (tertiary/aromatic N) is 2. The van der Waals surface area contributed by atoms with E-state index in [1.807, 2.05) is 13.8 Å². The van der Waals surface area contributed by atoms with Crippen LogP contribution in [0.15, 0.2) is 6.07 Å². The maximum atomic E-state index is 13.2. The van der Waals surface area contributed by atoms with Crippen LogP contribution in [-0.2, 0) is 4.79 Å². The number of halogens is 2. The number of amides is 2. The van der Waals surface area contributed by atoms with Gasteiger partial charge in [0, 0.05) is 25.2 Å². The van der Waals surface area contributed by atoms with Crippen LogP contribution in [0.25, 0.3) is 0 Å². The highest BCUT2D eigenvalue weighted by Gasteiger charge is 2.41. The van der Waals surface area contributed by atoms with Gasteiger partial charge >= 0.3 is 0 Å². The molecular formula is C16H22F2N4O2. The predicted molar refractivity (Wildman–Crippen MR) is 84.9 cm³/mol. The van der Waals surface area contributed by atoms with Gasteiger partial charge in [0.05, 0.1) is 17.8 Å². The van der Waals surface area contributed by atoms with Gasteiger partial charge in [-0.25, -0.2) is 8.78 Å². The molecule has 0 aromatic carbocycles. The fourth-order valence-corrected chi connectivity index (χ4v) is 2.60. The number of carbonyl (C=O) groups is 2. The van der Waals surface area contributed by atoms with E-state index < -0.39 is 30.3 Å². The third-order valence-corrected chi connectivity index (χ3v) is 4.18. The number of nitrogens with two attached hydrogens (primary N) is 1. The van der Waals surface area contributed by atoms with Gasteiger partial charge in [0.15, 0.2) is 0 Å². The molecule has 0 unspecified atom stereocenters. The monoisotopic (exact) mass is 340 g/mol. The van der Waals surface area contributed by atoms with Crippen LogP contribution in [0.1, 0.15) is 33.7 Å². The summed E-state index contributed by atoms with van der Waals surface area (Å²) >= 11 is 0. The molecule has 24 heavy (non-hydrogen) atoms. The third kappa shape index (κ3) is 4.05. The Bertz CT molecular complexity index is 664. The lowest BCUT2D eigenvalue weighted by Crippen LogP contribution is -2.49. The van der Waals surface area contributed by atoms with E-state index in [0.29, 0.717) is 11.3 Å². The van der Waals surface area contributed by atoms with Crippen LogP contribution in [0, 0.1) is 20.8 Å². The van der Waals surface area contributed by atoms with Crippen LogP contribution < -0.4 is 11.1 Å². The largest absolute Gasteiger partial charge is 0.350 e. The van der Waals surface area contributed by atoms with Crippen molar-refractivity contribution in [3.8, 4) is 0 Å². The minimum absolute atomic E-state index is 0.0202. The summed E-state index contributed by atoms with van der Waals surface area (Å²) in [4.78, 5) is 29.6. The summed E-state index contributed by atoms with van der Waals surface area (Å²) in [5.74, 6) is -3.83. The van der Waals surface area contributed by atoms with Gasteiger partial charge in [-0.3, -0.25) is 14.6 Å². The normalized spacial score (nSPS) is 17.7. The average molecular weight is 340 g/mol. The van der Waals surface area contributed by atoms with Crippen molar-refractivity contribution >= 4 is 11.8 Å². The van der Waals surface area contributed by atoms with Gasteiger partial charge in [-0.15, -0.1) is 0 Å². The number of aryl methyl sites for hydroxylation is 3. The molecule has 0 radical (unpaired) electrons. The molecule has 1 aromatic heterocycles. The fourth-order valence-electron chi connectivity index (χ4n) is 2.60. The van der Waals surface area contributed by atoms with Gasteiger partial charge in [-0.1, -0.05) is 0 Å². The van der Waals surface area contributed by atoms with Gasteiger partial charge in [-0.05, 0) is 32.4 Å². The van der Waals surface area contributed by atoms with Crippen LogP contribution in [-0.4, -0.2) is 53.3 Å². The van der Waals surface area contributed by atoms with Crippen molar-refractivity contribution in [2.45, 2.75) is 39.2 Å². The van der Waals surface area contributed by atoms with Gasteiger partial charge in [-0.2, -0.15) is 0 Å². The molecule has 0 saturated carbocycles. The summed E-state index contributed by atoms with van der Waals surface area (Å²) < 4.78 is 26.3. The number of likely N-dealkylation sites (tertiary alicyclic amines) is 1. The highest BCUT2D eigenvalue weighted by atomic mass is 19.3. The number of rotatable bonds is 4. The first-order valence-electron chi connectivity index (χ1n) is 7.76.